The Morgan fingerprint density at radius 3 is 1.97 bits per heavy atom. The van der Waals surface area contributed by atoms with Crippen LogP contribution in [0.5, 0.6) is 0 Å². The first-order valence-electron chi connectivity index (χ1n) is 10.9. The molecule has 0 aliphatic heterocycles. The highest BCUT2D eigenvalue weighted by atomic mass is 35.5. The minimum Gasteiger partial charge on any atom is -0.369 e. The van der Waals surface area contributed by atoms with Crippen LogP contribution >= 0.6 is 38.4 Å². The molecule has 0 saturated heterocycles. The van der Waals surface area contributed by atoms with Gasteiger partial charge in [-0.05, 0) is 49.8 Å². The highest BCUT2D eigenvalue weighted by Gasteiger charge is 2.58. The molecule has 6 N–H and O–H groups in total. The van der Waals surface area contributed by atoms with Crippen molar-refractivity contribution in [1.82, 2.24) is 5.32 Å². The third kappa shape index (κ3) is 10.1. The summed E-state index contributed by atoms with van der Waals surface area (Å²) in [5, 5.41) is 9.16. The van der Waals surface area contributed by atoms with Gasteiger partial charge < -0.3 is 34.9 Å². The molecule has 0 aromatic heterocycles. The summed E-state index contributed by atoms with van der Waals surface area (Å²) < 4.78 is 22.6. The molecule has 0 aliphatic rings. The first kappa shape index (κ1) is 31.4. The quantitative estimate of drug-likeness (QED) is 0.0949. The van der Waals surface area contributed by atoms with Gasteiger partial charge in [0, 0.05) is 43.5 Å². The number of hydrogen-bond acceptors (Lipinski definition) is 5. The summed E-state index contributed by atoms with van der Waals surface area (Å²) >= 11 is 11.7. The zero-order valence-electron chi connectivity index (χ0n) is 18.9. The highest BCUT2D eigenvalue weighted by Crippen LogP contribution is 2.69. The van der Waals surface area contributed by atoms with E-state index in [2.05, 4.69) is 10.2 Å². The Balaban J connectivity index is 2.30. The number of unbranched alkanes of at least 4 members (excludes halogenated alkanes) is 2. The van der Waals surface area contributed by atoms with Crippen LogP contribution in [0.1, 0.15) is 44.1 Å². The fourth-order valence-electron chi connectivity index (χ4n) is 3.34. The zero-order valence-corrected chi connectivity index (χ0v) is 22.2. The van der Waals surface area contributed by atoms with Crippen molar-refractivity contribution in [1.29, 1.82) is 0 Å². The monoisotopic (exact) mass is 562 g/mol. The molecule has 0 heterocycles. The third-order valence-corrected chi connectivity index (χ3v) is 9.54. The van der Waals surface area contributed by atoms with Crippen LogP contribution in [0.3, 0.4) is 0 Å². The number of benzene rings is 1. The Kier molecular flexibility index (Phi) is 13.6. The number of alkyl halides is 2. The minimum atomic E-state index is -5.42. The van der Waals surface area contributed by atoms with E-state index in [9.17, 15) is 19.0 Å². The molecule has 1 aromatic rings. The number of carbonyl (C=O) groups is 1. The number of aryl methyl sites for hydroxylation is 1. The van der Waals surface area contributed by atoms with Crippen molar-refractivity contribution in [3.05, 3.63) is 29.8 Å². The summed E-state index contributed by atoms with van der Waals surface area (Å²) in [7, 11) is -10.8. The fraction of sp³-hybridized carbons (Fsp3) is 0.650. The Labute approximate surface area is 210 Å². The van der Waals surface area contributed by atoms with E-state index in [0.717, 1.165) is 17.7 Å². The summed E-state index contributed by atoms with van der Waals surface area (Å²) in [5.74, 6) is 0.891. The first-order chi connectivity index (χ1) is 15.9. The van der Waals surface area contributed by atoms with Gasteiger partial charge >= 0.3 is 15.2 Å². The number of carbonyl (C=O) groups excluding carboxylic acids is 1. The lowest BCUT2D eigenvalue weighted by molar-refractivity contribution is -0.121. The second kappa shape index (κ2) is 14.8. The Hall–Kier alpha value is -0.670. The number of anilines is 1. The van der Waals surface area contributed by atoms with Crippen LogP contribution in [-0.4, -0.2) is 67.1 Å². The van der Waals surface area contributed by atoms with E-state index in [-0.39, 0.29) is 12.3 Å². The molecular weight excluding hydrogens is 529 g/mol. The van der Waals surface area contributed by atoms with Crippen molar-refractivity contribution < 1.29 is 38.6 Å². The maximum absolute atomic E-state index is 12.0. The second-order valence-electron chi connectivity index (χ2n) is 7.91. The summed E-state index contributed by atoms with van der Waals surface area (Å²) in [5.41, 5.74) is 2.15. The minimum absolute atomic E-state index is 0.0220. The number of amides is 1. The number of aliphatic hydroxyl groups is 1. The van der Waals surface area contributed by atoms with E-state index in [1.807, 2.05) is 24.3 Å². The van der Waals surface area contributed by atoms with E-state index >= 15 is 0 Å². The lowest BCUT2D eigenvalue weighted by atomic mass is 10.1. The third-order valence-electron chi connectivity index (χ3n) is 5.32. The van der Waals surface area contributed by atoms with E-state index < -0.39 is 26.7 Å². The van der Waals surface area contributed by atoms with Gasteiger partial charge in [-0.1, -0.05) is 18.6 Å². The van der Waals surface area contributed by atoms with Crippen LogP contribution in [0.25, 0.3) is 0 Å². The molecule has 0 fully saturated rings. The van der Waals surface area contributed by atoms with Gasteiger partial charge in [-0.3, -0.25) is 13.9 Å². The molecule has 0 unspecified atom stereocenters. The van der Waals surface area contributed by atoms with Crippen LogP contribution in [0, 0.1) is 0 Å². The molecule has 14 heteroatoms. The molecule has 0 aliphatic carbocycles. The van der Waals surface area contributed by atoms with Gasteiger partial charge in [0.2, 0.25) is 5.91 Å². The van der Waals surface area contributed by atoms with Crippen LogP contribution in [-0.2, 0) is 20.3 Å². The second-order valence-corrected chi connectivity index (χ2v) is 12.7. The smallest absolute Gasteiger partial charge is 0.369 e. The molecule has 0 saturated carbocycles. The lowest BCUT2D eigenvalue weighted by Gasteiger charge is -2.29. The summed E-state index contributed by atoms with van der Waals surface area (Å²) in [4.78, 5) is 50.5. The van der Waals surface area contributed by atoms with Crippen molar-refractivity contribution in [3.8, 4) is 0 Å². The average Bonchev–Trinajstić information content (AvgIpc) is 2.74. The average molecular weight is 563 g/mol. The fourth-order valence-corrected chi connectivity index (χ4v) is 6.01. The van der Waals surface area contributed by atoms with Gasteiger partial charge in [0.1, 0.15) is 0 Å². The predicted octanol–water partition coefficient (Wildman–Crippen LogP) is 2.97. The number of rotatable bonds is 17. The van der Waals surface area contributed by atoms with E-state index in [4.69, 9.17) is 42.8 Å². The standard InChI is InChI=1S/C20H34Cl2N2O8P2/c21-12-15-24(16-13-22)18-9-7-17(8-10-18)5-4-6-19(25)23-14-3-1-2-11-20(26,33(27,28)29)34(30,31)32/h7-10,26H,1-6,11-16H2,(H,23,25)(H2,27,28,29)(H2,30,31,32). The van der Waals surface area contributed by atoms with Gasteiger partial charge in [0.15, 0.2) is 0 Å². The Morgan fingerprint density at radius 2 is 1.47 bits per heavy atom. The van der Waals surface area contributed by atoms with Crippen LogP contribution in [0.4, 0.5) is 5.69 Å². The number of nitrogens with one attached hydrogen (secondary N) is 1. The molecular formula is C20H34Cl2N2O8P2. The van der Waals surface area contributed by atoms with Gasteiger partial charge in [-0.15, -0.1) is 23.2 Å². The molecule has 34 heavy (non-hydrogen) atoms. The van der Waals surface area contributed by atoms with Crippen LogP contribution < -0.4 is 10.2 Å². The summed E-state index contributed by atoms with van der Waals surface area (Å²) in [6, 6.07) is 8.04. The lowest BCUT2D eigenvalue weighted by Crippen LogP contribution is -2.28. The van der Waals surface area contributed by atoms with Crippen LogP contribution in [0.2, 0.25) is 0 Å². The number of halogens is 2. The maximum atomic E-state index is 12.0. The zero-order chi connectivity index (χ0) is 25.8. The van der Waals surface area contributed by atoms with Crippen molar-refractivity contribution >= 4 is 50.0 Å². The molecule has 0 radical (unpaired) electrons. The van der Waals surface area contributed by atoms with Gasteiger partial charge in [0.05, 0.1) is 0 Å². The Morgan fingerprint density at radius 1 is 0.912 bits per heavy atom. The van der Waals surface area contributed by atoms with Crippen molar-refractivity contribution in [2.45, 2.75) is 50.0 Å². The highest BCUT2D eigenvalue weighted by molar-refractivity contribution is 7.72. The summed E-state index contributed by atoms with van der Waals surface area (Å²) in [6.45, 7) is 1.73. The van der Waals surface area contributed by atoms with Crippen molar-refractivity contribution in [2.75, 3.05) is 36.3 Å². The summed E-state index contributed by atoms with van der Waals surface area (Å²) in [6.07, 6.45) is 1.72. The number of hydrogen-bond donors (Lipinski definition) is 6. The number of nitrogens with zero attached hydrogens (tertiary/aromatic N) is 1. The predicted molar refractivity (Wildman–Crippen MR) is 134 cm³/mol. The topological polar surface area (TPSA) is 168 Å². The molecule has 0 spiro atoms. The van der Waals surface area contributed by atoms with Crippen LogP contribution in [0.15, 0.2) is 24.3 Å². The molecule has 10 nitrogen and oxygen atoms in total. The first-order valence-corrected chi connectivity index (χ1v) is 15.2. The SMILES string of the molecule is O=C(CCCc1ccc(N(CCCl)CCCl)cc1)NCCCCCC(O)(P(=O)(O)O)P(=O)(O)O. The molecule has 1 aromatic carbocycles. The molecule has 1 rings (SSSR count). The molecule has 196 valence electrons. The molecule has 0 atom stereocenters. The van der Waals surface area contributed by atoms with Gasteiger partial charge in [-0.2, -0.15) is 0 Å². The molecule has 0 bridgehead atoms. The van der Waals surface area contributed by atoms with E-state index in [1.54, 1.807) is 0 Å². The van der Waals surface area contributed by atoms with E-state index in [1.165, 1.54) is 0 Å². The Bertz CT molecular complexity index is 819. The largest absolute Gasteiger partial charge is 0.369 e. The van der Waals surface area contributed by atoms with Crippen molar-refractivity contribution in [2.24, 2.45) is 0 Å². The van der Waals surface area contributed by atoms with Gasteiger partial charge in [0.25, 0.3) is 5.08 Å². The molecule has 1 amide bonds. The van der Waals surface area contributed by atoms with Gasteiger partial charge in [-0.25, -0.2) is 0 Å². The van der Waals surface area contributed by atoms with E-state index in [0.29, 0.717) is 57.1 Å². The normalized spacial score (nSPS) is 12.6. The van der Waals surface area contributed by atoms with Crippen molar-refractivity contribution in [3.63, 3.8) is 0 Å². The maximum Gasteiger partial charge on any atom is 0.369 e.